The van der Waals surface area contributed by atoms with Gasteiger partial charge in [0.15, 0.2) is 0 Å². The van der Waals surface area contributed by atoms with Crippen molar-refractivity contribution >= 4 is 22.7 Å². The largest absolute Gasteiger partial charge is 0.140 e. The van der Waals surface area contributed by atoms with Gasteiger partial charge in [0.05, 0.1) is 0 Å². The van der Waals surface area contributed by atoms with E-state index in [9.17, 15) is 0 Å². The summed E-state index contributed by atoms with van der Waals surface area (Å²) >= 11 is 3.86. The van der Waals surface area contributed by atoms with Gasteiger partial charge in [-0.1, -0.05) is 26.2 Å². The third-order valence-corrected chi connectivity index (χ3v) is 5.59. The molecule has 2 heteroatoms. The highest BCUT2D eigenvalue weighted by Crippen LogP contribution is 2.35. The van der Waals surface area contributed by atoms with E-state index >= 15 is 0 Å². The molecule has 0 unspecified atom stereocenters. The first-order valence-corrected chi connectivity index (χ1v) is 8.50. The Morgan fingerprint density at radius 2 is 1.78 bits per heavy atom. The summed E-state index contributed by atoms with van der Waals surface area (Å²) in [7, 11) is 0. The predicted molar refractivity (Wildman–Crippen MR) is 85.0 cm³/mol. The zero-order valence-electron chi connectivity index (χ0n) is 11.6. The normalized spacial score (nSPS) is 11.1. The molecule has 0 saturated heterocycles. The lowest BCUT2D eigenvalue weighted by atomic mass is 10.1. The molecule has 0 spiro atoms. The first-order chi connectivity index (χ1) is 8.70. The van der Waals surface area contributed by atoms with Crippen molar-refractivity contribution in [3.05, 3.63) is 33.5 Å². The molecular formula is C16H22S2. The van der Waals surface area contributed by atoms with Gasteiger partial charge in [0, 0.05) is 19.5 Å². The monoisotopic (exact) mass is 278 g/mol. The van der Waals surface area contributed by atoms with Crippen molar-refractivity contribution < 1.29 is 0 Å². The van der Waals surface area contributed by atoms with E-state index in [1.54, 1.807) is 5.56 Å². The molecule has 0 saturated carbocycles. The molecule has 0 aliphatic heterocycles. The molecule has 0 fully saturated rings. The van der Waals surface area contributed by atoms with Crippen LogP contribution in [0.1, 0.15) is 47.9 Å². The number of rotatable bonds is 6. The van der Waals surface area contributed by atoms with Crippen molar-refractivity contribution in [1.82, 2.24) is 0 Å². The molecule has 2 aromatic rings. The molecule has 2 aromatic heterocycles. The number of hydrogen-bond acceptors (Lipinski definition) is 2. The van der Waals surface area contributed by atoms with Crippen LogP contribution < -0.4 is 0 Å². The molecule has 0 radical (unpaired) electrons. The van der Waals surface area contributed by atoms with Crippen molar-refractivity contribution in [1.29, 1.82) is 0 Å². The maximum Gasteiger partial charge on any atom is 0.0448 e. The lowest BCUT2D eigenvalue weighted by Gasteiger charge is -1.99. The Morgan fingerprint density at radius 1 is 0.944 bits per heavy atom. The summed E-state index contributed by atoms with van der Waals surface area (Å²) in [5.74, 6) is 0. The number of aryl methyl sites for hydroxylation is 3. The second kappa shape index (κ2) is 6.53. The van der Waals surface area contributed by atoms with Gasteiger partial charge in [-0.15, -0.1) is 22.7 Å². The number of hydrogen-bond donors (Lipinski definition) is 0. The topological polar surface area (TPSA) is 0 Å². The molecule has 0 amide bonds. The van der Waals surface area contributed by atoms with Gasteiger partial charge in [0.1, 0.15) is 0 Å². The first-order valence-electron chi connectivity index (χ1n) is 6.87. The average molecular weight is 278 g/mol. The summed E-state index contributed by atoms with van der Waals surface area (Å²) in [6, 6.07) is 6.89. The average Bonchev–Trinajstić information content (AvgIpc) is 2.92. The molecule has 98 valence electrons. The van der Waals surface area contributed by atoms with Crippen LogP contribution in [0.4, 0.5) is 0 Å². The minimum absolute atomic E-state index is 1.26. The second-order valence-electron chi connectivity index (χ2n) is 4.91. The van der Waals surface area contributed by atoms with Gasteiger partial charge in [0.25, 0.3) is 0 Å². The van der Waals surface area contributed by atoms with Crippen LogP contribution in [0.25, 0.3) is 9.75 Å². The van der Waals surface area contributed by atoms with Crippen molar-refractivity contribution in [3.63, 3.8) is 0 Å². The smallest absolute Gasteiger partial charge is 0.0448 e. The van der Waals surface area contributed by atoms with Crippen molar-refractivity contribution in [2.45, 2.75) is 52.9 Å². The highest BCUT2D eigenvalue weighted by atomic mass is 32.1. The Bertz CT molecular complexity index is 491. The minimum atomic E-state index is 1.26. The van der Waals surface area contributed by atoms with E-state index in [4.69, 9.17) is 0 Å². The Balaban J connectivity index is 2.02. The van der Waals surface area contributed by atoms with Crippen molar-refractivity contribution in [2.75, 3.05) is 0 Å². The van der Waals surface area contributed by atoms with Crippen LogP contribution in [0.3, 0.4) is 0 Å². The van der Waals surface area contributed by atoms with Crippen LogP contribution in [-0.4, -0.2) is 0 Å². The fraction of sp³-hybridized carbons (Fsp3) is 0.500. The Morgan fingerprint density at radius 3 is 2.44 bits per heavy atom. The minimum Gasteiger partial charge on any atom is -0.140 e. The highest BCUT2D eigenvalue weighted by molar-refractivity contribution is 7.22. The summed E-state index contributed by atoms with van der Waals surface area (Å²) < 4.78 is 0. The third-order valence-electron chi connectivity index (χ3n) is 3.30. The summed E-state index contributed by atoms with van der Waals surface area (Å²) in [6.07, 6.45) is 6.67. The molecule has 18 heavy (non-hydrogen) atoms. The fourth-order valence-corrected chi connectivity index (χ4v) is 4.22. The van der Waals surface area contributed by atoms with Gasteiger partial charge in [-0.25, -0.2) is 0 Å². The lowest BCUT2D eigenvalue weighted by molar-refractivity contribution is 0.666. The zero-order valence-corrected chi connectivity index (χ0v) is 13.2. The van der Waals surface area contributed by atoms with Crippen LogP contribution in [0.2, 0.25) is 0 Å². The zero-order chi connectivity index (χ0) is 13.0. The van der Waals surface area contributed by atoms with Crippen LogP contribution in [0.15, 0.2) is 18.2 Å². The lowest BCUT2D eigenvalue weighted by Crippen LogP contribution is -1.84. The molecule has 2 rings (SSSR count). The van der Waals surface area contributed by atoms with Gasteiger partial charge in [-0.05, 0) is 50.5 Å². The van der Waals surface area contributed by atoms with Crippen LogP contribution in [-0.2, 0) is 6.42 Å². The SMILES string of the molecule is CCCCCCc1cc(-c2ccc(C)s2)sc1C. The van der Waals surface area contributed by atoms with E-state index in [1.165, 1.54) is 51.6 Å². The van der Waals surface area contributed by atoms with E-state index in [2.05, 4.69) is 39.0 Å². The number of unbranched alkanes of at least 4 members (excludes halogenated alkanes) is 3. The fourth-order valence-electron chi connectivity index (χ4n) is 2.20. The Kier molecular flexibility index (Phi) is 5.02. The van der Waals surface area contributed by atoms with Crippen molar-refractivity contribution in [3.8, 4) is 9.75 Å². The molecule has 0 atom stereocenters. The third kappa shape index (κ3) is 3.46. The molecule has 0 N–H and O–H groups in total. The molecular weight excluding hydrogens is 256 g/mol. The van der Waals surface area contributed by atoms with Crippen LogP contribution >= 0.6 is 22.7 Å². The maximum atomic E-state index is 2.41. The van der Waals surface area contributed by atoms with E-state index < -0.39 is 0 Å². The highest BCUT2D eigenvalue weighted by Gasteiger charge is 2.08. The quantitative estimate of drug-likeness (QED) is 0.550. The Hall–Kier alpha value is -0.600. The van der Waals surface area contributed by atoms with Gasteiger partial charge >= 0.3 is 0 Å². The molecule has 2 heterocycles. The van der Waals surface area contributed by atoms with E-state index in [0.29, 0.717) is 0 Å². The molecule has 0 nitrogen and oxygen atoms in total. The van der Waals surface area contributed by atoms with Gasteiger partial charge in [-0.3, -0.25) is 0 Å². The van der Waals surface area contributed by atoms with Crippen LogP contribution in [0.5, 0.6) is 0 Å². The summed E-state index contributed by atoms with van der Waals surface area (Å²) in [4.78, 5) is 5.80. The van der Waals surface area contributed by atoms with Gasteiger partial charge in [-0.2, -0.15) is 0 Å². The van der Waals surface area contributed by atoms with E-state index in [1.807, 2.05) is 22.7 Å². The maximum absolute atomic E-state index is 2.41. The van der Waals surface area contributed by atoms with E-state index in [0.717, 1.165) is 0 Å². The van der Waals surface area contributed by atoms with E-state index in [-0.39, 0.29) is 0 Å². The van der Waals surface area contributed by atoms with Gasteiger partial charge in [0.2, 0.25) is 0 Å². The molecule has 0 aliphatic carbocycles. The summed E-state index contributed by atoms with van der Waals surface area (Å²) in [5.41, 5.74) is 1.57. The van der Waals surface area contributed by atoms with Crippen LogP contribution in [0, 0.1) is 13.8 Å². The summed E-state index contributed by atoms with van der Waals surface area (Å²) in [6.45, 7) is 6.72. The van der Waals surface area contributed by atoms with Crippen molar-refractivity contribution in [2.24, 2.45) is 0 Å². The Labute approximate surface area is 119 Å². The standard InChI is InChI=1S/C16H22S2/c1-4-5-6-7-8-14-11-16(18-13(14)3)15-10-9-12(2)17-15/h9-11H,4-8H2,1-3H3. The molecule has 0 aliphatic rings. The second-order valence-corrected chi connectivity index (χ2v) is 7.46. The summed E-state index contributed by atoms with van der Waals surface area (Å²) in [5, 5.41) is 0. The number of thiophene rings is 2. The van der Waals surface area contributed by atoms with Gasteiger partial charge < -0.3 is 0 Å². The molecule has 0 bridgehead atoms. The first kappa shape index (κ1) is 13.8. The predicted octanol–water partition coefficient (Wildman–Crippen LogP) is 6.22. The molecule has 0 aromatic carbocycles.